The van der Waals surface area contributed by atoms with Gasteiger partial charge in [0.2, 0.25) is 0 Å². The molecule has 2 fully saturated rings. The second kappa shape index (κ2) is 7.37. The van der Waals surface area contributed by atoms with Gasteiger partial charge in [-0.15, -0.1) is 0 Å². The number of nitrogens with zero attached hydrogens (tertiary/aromatic N) is 5. The lowest BCUT2D eigenvalue weighted by molar-refractivity contribution is -0.0383. The molecule has 2 aliphatic rings. The van der Waals surface area contributed by atoms with Gasteiger partial charge in [-0.3, -0.25) is 4.98 Å². The van der Waals surface area contributed by atoms with Gasteiger partial charge in [-0.1, -0.05) is 0 Å². The Morgan fingerprint density at radius 1 is 1.07 bits per heavy atom. The minimum atomic E-state index is -0.0772. The fourth-order valence-corrected chi connectivity index (χ4v) is 3.92. The Kier molecular flexibility index (Phi) is 4.58. The number of aromatic hydroxyl groups is 1. The van der Waals surface area contributed by atoms with Crippen LogP contribution in [0, 0.1) is 0 Å². The van der Waals surface area contributed by atoms with Crippen molar-refractivity contribution >= 4 is 16.7 Å². The summed E-state index contributed by atoms with van der Waals surface area (Å²) < 4.78 is 13.3. The highest BCUT2D eigenvalue weighted by Crippen LogP contribution is 2.35. The Balaban J connectivity index is 1.61. The average Bonchev–Trinajstić information content (AvgIpc) is 3.24. The van der Waals surface area contributed by atoms with Crippen molar-refractivity contribution in [2.45, 2.75) is 25.5 Å². The maximum absolute atomic E-state index is 10.5. The Bertz CT molecular complexity index is 977. The zero-order valence-electron chi connectivity index (χ0n) is 15.6. The molecule has 1 atom stereocenters. The Morgan fingerprint density at radius 3 is 2.79 bits per heavy atom. The van der Waals surface area contributed by atoms with Crippen molar-refractivity contribution < 1.29 is 14.6 Å². The van der Waals surface area contributed by atoms with E-state index in [1.165, 1.54) is 0 Å². The van der Waals surface area contributed by atoms with Crippen LogP contribution in [0.5, 0.6) is 5.75 Å². The number of anilines is 1. The smallest absolute Gasteiger partial charge is 0.171 e. The van der Waals surface area contributed by atoms with Gasteiger partial charge >= 0.3 is 0 Å². The van der Waals surface area contributed by atoms with Gasteiger partial charge in [0.25, 0.3) is 0 Å². The summed E-state index contributed by atoms with van der Waals surface area (Å²) in [4.78, 5) is 11.5. The number of morpholine rings is 1. The molecule has 5 heterocycles. The zero-order chi connectivity index (χ0) is 18.9. The molecule has 146 valence electrons. The van der Waals surface area contributed by atoms with Crippen molar-refractivity contribution in [1.29, 1.82) is 0 Å². The first-order valence-electron chi connectivity index (χ1n) is 9.78. The number of hydrogen-bond acceptors (Lipinski definition) is 7. The van der Waals surface area contributed by atoms with Crippen molar-refractivity contribution in [3.63, 3.8) is 0 Å². The average molecular weight is 381 g/mol. The molecule has 3 aromatic heterocycles. The van der Waals surface area contributed by atoms with Crippen LogP contribution in [0.15, 0.2) is 30.6 Å². The molecule has 1 unspecified atom stereocenters. The molecule has 28 heavy (non-hydrogen) atoms. The molecule has 0 radical (unpaired) electrons. The van der Waals surface area contributed by atoms with Crippen molar-refractivity contribution in [2.75, 3.05) is 37.8 Å². The lowest BCUT2D eigenvalue weighted by Gasteiger charge is -2.28. The summed E-state index contributed by atoms with van der Waals surface area (Å²) >= 11 is 0. The van der Waals surface area contributed by atoms with E-state index in [1.54, 1.807) is 18.5 Å². The SMILES string of the molecule is Oc1cc2ccnc(-c3ccnn3C3CCCCO3)c2nc1N1CCOCC1. The molecule has 0 aliphatic carbocycles. The molecule has 8 heteroatoms. The minimum absolute atomic E-state index is 0.0772. The molecule has 0 aromatic carbocycles. The molecule has 5 rings (SSSR count). The Labute approximate surface area is 162 Å². The van der Waals surface area contributed by atoms with E-state index in [9.17, 15) is 5.11 Å². The summed E-state index contributed by atoms with van der Waals surface area (Å²) in [5, 5.41) is 15.9. The van der Waals surface area contributed by atoms with Crippen molar-refractivity contribution in [1.82, 2.24) is 19.7 Å². The van der Waals surface area contributed by atoms with Crippen LogP contribution in [-0.4, -0.2) is 57.8 Å². The van der Waals surface area contributed by atoms with E-state index in [2.05, 4.69) is 15.0 Å². The number of rotatable bonds is 3. The van der Waals surface area contributed by atoms with E-state index in [4.69, 9.17) is 14.5 Å². The summed E-state index contributed by atoms with van der Waals surface area (Å²) in [5.74, 6) is 0.751. The first-order valence-corrected chi connectivity index (χ1v) is 9.78. The standard InChI is InChI=1S/C20H23N5O3/c26-16-13-14-4-6-21-19(18(14)23-20(16)24-8-11-27-12-9-24)15-5-7-22-25(15)17-3-1-2-10-28-17/h4-7,13,17,26H,1-3,8-12H2. The summed E-state index contributed by atoms with van der Waals surface area (Å²) in [5.41, 5.74) is 2.38. The maximum Gasteiger partial charge on any atom is 0.171 e. The second-order valence-corrected chi connectivity index (χ2v) is 7.14. The normalized spacial score (nSPS) is 20.6. The monoisotopic (exact) mass is 381 g/mol. The van der Waals surface area contributed by atoms with E-state index in [0.29, 0.717) is 32.1 Å². The predicted octanol–water partition coefficient (Wildman–Crippen LogP) is 2.73. The van der Waals surface area contributed by atoms with E-state index < -0.39 is 0 Å². The highest BCUT2D eigenvalue weighted by atomic mass is 16.5. The van der Waals surface area contributed by atoms with Crippen LogP contribution in [0.25, 0.3) is 22.3 Å². The molecule has 2 aliphatic heterocycles. The van der Waals surface area contributed by atoms with Crippen LogP contribution in [-0.2, 0) is 9.47 Å². The summed E-state index contributed by atoms with van der Waals surface area (Å²) in [6, 6.07) is 5.57. The first-order chi connectivity index (χ1) is 13.8. The molecular formula is C20H23N5O3. The number of aromatic nitrogens is 4. The number of ether oxygens (including phenoxy) is 2. The van der Waals surface area contributed by atoms with Gasteiger partial charge < -0.3 is 19.5 Å². The third kappa shape index (κ3) is 3.08. The summed E-state index contributed by atoms with van der Waals surface area (Å²) in [7, 11) is 0. The van der Waals surface area contributed by atoms with Gasteiger partial charge in [0, 0.05) is 37.5 Å². The highest BCUT2D eigenvalue weighted by Gasteiger charge is 2.23. The predicted molar refractivity (Wildman–Crippen MR) is 104 cm³/mol. The van der Waals surface area contributed by atoms with Gasteiger partial charge in [0.1, 0.15) is 11.2 Å². The molecule has 0 amide bonds. The number of fused-ring (bicyclic) bond motifs is 1. The lowest BCUT2D eigenvalue weighted by Crippen LogP contribution is -2.36. The third-order valence-corrected chi connectivity index (χ3v) is 5.35. The fourth-order valence-electron chi connectivity index (χ4n) is 3.92. The highest BCUT2D eigenvalue weighted by molar-refractivity contribution is 5.92. The molecule has 0 spiro atoms. The summed E-state index contributed by atoms with van der Waals surface area (Å²) in [6.07, 6.45) is 6.59. The molecule has 8 nitrogen and oxygen atoms in total. The zero-order valence-corrected chi connectivity index (χ0v) is 15.6. The lowest BCUT2D eigenvalue weighted by atomic mass is 10.1. The molecule has 1 N–H and O–H groups in total. The van der Waals surface area contributed by atoms with Crippen LogP contribution in [0.1, 0.15) is 25.5 Å². The molecule has 0 bridgehead atoms. The van der Waals surface area contributed by atoms with E-state index in [0.717, 1.165) is 48.2 Å². The van der Waals surface area contributed by atoms with Crippen LogP contribution in [0.3, 0.4) is 0 Å². The van der Waals surface area contributed by atoms with Crippen molar-refractivity contribution in [3.05, 3.63) is 30.6 Å². The van der Waals surface area contributed by atoms with Crippen molar-refractivity contribution in [2.24, 2.45) is 0 Å². The van der Waals surface area contributed by atoms with Crippen LogP contribution in [0.2, 0.25) is 0 Å². The van der Waals surface area contributed by atoms with Gasteiger partial charge in [-0.2, -0.15) is 5.10 Å². The second-order valence-electron chi connectivity index (χ2n) is 7.14. The van der Waals surface area contributed by atoms with Gasteiger partial charge in [0.15, 0.2) is 17.8 Å². The minimum Gasteiger partial charge on any atom is -0.504 e. The number of hydrogen-bond donors (Lipinski definition) is 1. The van der Waals surface area contributed by atoms with E-state index >= 15 is 0 Å². The molecule has 2 saturated heterocycles. The van der Waals surface area contributed by atoms with E-state index in [1.807, 2.05) is 16.8 Å². The van der Waals surface area contributed by atoms with Gasteiger partial charge in [-0.05, 0) is 37.5 Å². The maximum atomic E-state index is 10.5. The largest absolute Gasteiger partial charge is 0.504 e. The van der Waals surface area contributed by atoms with Gasteiger partial charge in [-0.25, -0.2) is 9.67 Å². The molecular weight excluding hydrogens is 358 g/mol. The van der Waals surface area contributed by atoms with E-state index in [-0.39, 0.29) is 12.0 Å². The van der Waals surface area contributed by atoms with Crippen LogP contribution < -0.4 is 4.90 Å². The Morgan fingerprint density at radius 2 is 1.96 bits per heavy atom. The van der Waals surface area contributed by atoms with Crippen LogP contribution in [0.4, 0.5) is 5.82 Å². The third-order valence-electron chi connectivity index (χ3n) is 5.35. The fraction of sp³-hybridized carbons (Fsp3) is 0.450. The van der Waals surface area contributed by atoms with Crippen molar-refractivity contribution in [3.8, 4) is 17.1 Å². The quantitative estimate of drug-likeness (QED) is 0.746. The Hall–Kier alpha value is -2.71. The number of pyridine rings is 2. The van der Waals surface area contributed by atoms with Crippen LogP contribution >= 0.6 is 0 Å². The first kappa shape index (κ1) is 17.4. The molecule has 0 saturated carbocycles. The summed E-state index contributed by atoms with van der Waals surface area (Å²) in [6.45, 7) is 3.42. The van der Waals surface area contributed by atoms with Gasteiger partial charge in [0.05, 0.1) is 18.9 Å². The molecule has 3 aromatic rings. The topological polar surface area (TPSA) is 85.5 Å².